The molecule has 3 rings (SSSR count). The number of carbonyl (C=O) groups excluding carboxylic acids is 1. The Bertz CT molecular complexity index is 659. The highest BCUT2D eigenvalue weighted by molar-refractivity contribution is 7.99. The number of nitrogens with two attached hydrogens (primary N) is 1. The number of anilines is 1. The monoisotopic (exact) mass is 316 g/mol. The van der Waals surface area contributed by atoms with Crippen LogP contribution in [-0.4, -0.2) is 21.0 Å². The van der Waals surface area contributed by atoms with Gasteiger partial charge in [-0.15, -0.1) is 0 Å². The number of hydrogen-bond acceptors (Lipinski definition) is 4. The van der Waals surface area contributed by atoms with Crippen molar-refractivity contribution in [1.82, 2.24) is 9.55 Å². The van der Waals surface area contributed by atoms with Gasteiger partial charge >= 0.3 is 0 Å². The second kappa shape index (κ2) is 6.14. The van der Waals surface area contributed by atoms with Crippen molar-refractivity contribution < 1.29 is 4.79 Å². The van der Waals surface area contributed by atoms with Gasteiger partial charge in [0.15, 0.2) is 5.16 Å². The third kappa shape index (κ3) is 3.18. The highest BCUT2D eigenvalue weighted by Gasteiger charge is 2.36. The standard InChI is InChI=1S/C16H20N4OS/c1-20-11-10-18-15(20)22-13-6-4-12(5-7-13)19-14(21)16(17)8-2-3-9-16/h4-7,10-11H,2-3,8-9,17H2,1H3,(H,19,21). The van der Waals surface area contributed by atoms with Crippen LogP contribution in [0.5, 0.6) is 0 Å². The Balaban J connectivity index is 1.64. The number of imidazole rings is 1. The number of nitrogens with one attached hydrogen (secondary N) is 1. The molecule has 1 aromatic heterocycles. The van der Waals surface area contributed by atoms with Gasteiger partial charge in [-0.3, -0.25) is 4.79 Å². The molecule has 1 saturated carbocycles. The van der Waals surface area contributed by atoms with Crippen molar-refractivity contribution in [1.29, 1.82) is 0 Å². The number of nitrogens with zero attached hydrogens (tertiary/aromatic N) is 2. The fraction of sp³-hybridized carbons (Fsp3) is 0.375. The van der Waals surface area contributed by atoms with Crippen LogP contribution >= 0.6 is 11.8 Å². The molecule has 1 heterocycles. The molecule has 1 aliphatic carbocycles. The molecular weight excluding hydrogens is 296 g/mol. The second-order valence-corrected chi connectivity index (χ2v) is 6.81. The SMILES string of the molecule is Cn1ccnc1Sc1ccc(NC(=O)C2(N)CCCC2)cc1. The molecule has 6 heteroatoms. The van der Waals surface area contributed by atoms with Crippen LogP contribution in [0.1, 0.15) is 25.7 Å². The number of amides is 1. The Morgan fingerprint density at radius 3 is 2.59 bits per heavy atom. The van der Waals surface area contributed by atoms with E-state index in [1.807, 2.05) is 42.1 Å². The Morgan fingerprint density at radius 1 is 1.32 bits per heavy atom. The van der Waals surface area contributed by atoms with E-state index < -0.39 is 5.54 Å². The van der Waals surface area contributed by atoms with E-state index in [-0.39, 0.29) is 5.91 Å². The van der Waals surface area contributed by atoms with Crippen LogP contribution in [0.3, 0.4) is 0 Å². The molecule has 1 aromatic carbocycles. The minimum absolute atomic E-state index is 0.0745. The number of benzene rings is 1. The number of aromatic nitrogens is 2. The predicted octanol–water partition coefficient (Wildman–Crippen LogP) is 2.78. The van der Waals surface area contributed by atoms with Crippen LogP contribution in [0.25, 0.3) is 0 Å². The molecule has 0 spiro atoms. The molecule has 1 aliphatic rings. The smallest absolute Gasteiger partial charge is 0.244 e. The lowest BCUT2D eigenvalue weighted by Gasteiger charge is -2.22. The maximum Gasteiger partial charge on any atom is 0.244 e. The number of rotatable bonds is 4. The van der Waals surface area contributed by atoms with Crippen molar-refractivity contribution in [2.75, 3.05) is 5.32 Å². The summed E-state index contributed by atoms with van der Waals surface area (Å²) in [5.41, 5.74) is 6.25. The van der Waals surface area contributed by atoms with Crippen LogP contribution < -0.4 is 11.1 Å². The zero-order valence-corrected chi connectivity index (χ0v) is 13.4. The lowest BCUT2D eigenvalue weighted by molar-refractivity contribution is -0.121. The summed E-state index contributed by atoms with van der Waals surface area (Å²) in [4.78, 5) is 17.6. The zero-order chi connectivity index (χ0) is 15.6. The van der Waals surface area contributed by atoms with Gasteiger partial charge in [-0.1, -0.05) is 24.6 Å². The van der Waals surface area contributed by atoms with E-state index in [0.29, 0.717) is 0 Å². The summed E-state index contributed by atoms with van der Waals surface area (Å²) < 4.78 is 1.97. The fourth-order valence-corrected chi connectivity index (χ4v) is 3.45. The maximum absolute atomic E-state index is 12.3. The minimum Gasteiger partial charge on any atom is -0.329 e. The molecule has 22 heavy (non-hydrogen) atoms. The summed E-state index contributed by atoms with van der Waals surface area (Å²) >= 11 is 1.59. The molecule has 0 aliphatic heterocycles. The van der Waals surface area contributed by atoms with Crippen LogP contribution in [0, 0.1) is 0 Å². The summed E-state index contributed by atoms with van der Waals surface area (Å²) in [5, 5.41) is 3.86. The normalized spacial score (nSPS) is 16.6. The van der Waals surface area contributed by atoms with Gasteiger partial charge in [-0.2, -0.15) is 0 Å². The molecule has 5 nitrogen and oxygen atoms in total. The topological polar surface area (TPSA) is 72.9 Å². The van der Waals surface area contributed by atoms with Gasteiger partial charge in [0.25, 0.3) is 0 Å². The molecule has 3 N–H and O–H groups in total. The number of hydrogen-bond donors (Lipinski definition) is 2. The van der Waals surface area contributed by atoms with E-state index >= 15 is 0 Å². The average Bonchev–Trinajstić information content (AvgIpc) is 3.11. The van der Waals surface area contributed by atoms with Crippen LogP contribution in [0.2, 0.25) is 0 Å². The first kappa shape index (κ1) is 15.1. The zero-order valence-electron chi connectivity index (χ0n) is 12.6. The first-order valence-corrected chi connectivity index (χ1v) is 8.24. The Morgan fingerprint density at radius 2 is 2.00 bits per heavy atom. The Labute approximate surface area is 134 Å². The van der Waals surface area contributed by atoms with Crippen LogP contribution in [-0.2, 0) is 11.8 Å². The van der Waals surface area contributed by atoms with Crippen molar-refractivity contribution in [3.05, 3.63) is 36.7 Å². The third-order valence-corrected chi connectivity index (χ3v) is 5.13. The lowest BCUT2D eigenvalue weighted by Crippen LogP contribution is -2.48. The van der Waals surface area contributed by atoms with Gasteiger partial charge in [0, 0.05) is 30.0 Å². The highest BCUT2D eigenvalue weighted by atomic mass is 32.2. The summed E-state index contributed by atoms with van der Waals surface area (Å²) in [6, 6.07) is 7.77. The summed E-state index contributed by atoms with van der Waals surface area (Å²) in [7, 11) is 1.96. The highest BCUT2D eigenvalue weighted by Crippen LogP contribution is 2.30. The molecular formula is C16H20N4OS. The van der Waals surface area contributed by atoms with Crippen LogP contribution in [0.15, 0.2) is 46.7 Å². The van der Waals surface area contributed by atoms with Crippen LogP contribution in [0.4, 0.5) is 5.69 Å². The van der Waals surface area contributed by atoms with Crippen molar-refractivity contribution in [2.45, 2.75) is 41.3 Å². The first-order valence-electron chi connectivity index (χ1n) is 7.42. The van der Waals surface area contributed by atoms with E-state index in [1.165, 1.54) is 0 Å². The summed E-state index contributed by atoms with van der Waals surface area (Å²) in [5.74, 6) is -0.0745. The van der Waals surface area contributed by atoms with Gasteiger partial charge in [0.2, 0.25) is 5.91 Å². The van der Waals surface area contributed by atoms with Gasteiger partial charge < -0.3 is 15.6 Å². The fourth-order valence-electron chi connectivity index (χ4n) is 2.65. The molecule has 0 radical (unpaired) electrons. The first-order chi connectivity index (χ1) is 10.6. The Hall–Kier alpha value is -1.79. The molecule has 116 valence electrons. The molecule has 2 aromatic rings. The third-order valence-electron chi connectivity index (χ3n) is 4.05. The lowest BCUT2D eigenvalue weighted by atomic mass is 9.98. The van der Waals surface area contributed by atoms with E-state index in [4.69, 9.17) is 5.73 Å². The Kier molecular flexibility index (Phi) is 4.22. The van der Waals surface area contributed by atoms with Crippen molar-refractivity contribution in [2.24, 2.45) is 12.8 Å². The van der Waals surface area contributed by atoms with Gasteiger partial charge in [0.05, 0.1) is 5.54 Å². The van der Waals surface area contributed by atoms with E-state index in [1.54, 1.807) is 18.0 Å². The van der Waals surface area contributed by atoms with E-state index in [9.17, 15) is 4.79 Å². The molecule has 0 unspecified atom stereocenters. The summed E-state index contributed by atoms with van der Waals surface area (Å²) in [6.45, 7) is 0. The summed E-state index contributed by atoms with van der Waals surface area (Å²) in [6.07, 6.45) is 7.29. The largest absolute Gasteiger partial charge is 0.329 e. The molecule has 0 atom stereocenters. The van der Waals surface area contributed by atoms with Crippen molar-refractivity contribution in [3.8, 4) is 0 Å². The average molecular weight is 316 g/mol. The van der Waals surface area contributed by atoms with Gasteiger partial charge in [-0.05, 0) is 37.1 Å². The number of carbonyl (C=O) groups is 1. The van der Waals surface area contributed by atoms with E-state index in [0.717, 1.165) is 41.4 Å². The number of aryl methyl sites for hydroxylation is 1. The molecule has 1 amide bonds. The van der Waals surface area contributed by atoms with Gasteiger partial charge in [-0.25, -0.2) is 4.98 Å². The molecule has 0 saturated heterocycles. The van der Waals surface area contributed by atoms with Crippen molar-refractivity contribution >= 4 is 23.4 Å². The quantitative estimate of drug-likeness (QED) is 0.909. The van der Waals surface area contributed by atoms with Crippen molar-refractivity contribution in [3.63, 3.8) is 0 Å². The van der Waals surface area contributed by atoms with Gasteiger partial charge in [0.1, 0.15) is 0 Å². The van der Waals surface area contributed by atoms with E-state index in [2.05, 4.69) is 10.3 Å². The molecule has 1 fully saturated rings. The predicted molar refractivity (Wildman–Crippen MR) is 87.8 cm³/mol. The minimum atomic E-state index is -0.694. The second-order valence-electron chi connectivity index (χ2n) is 5.76. The maximum atomic E-state index is 12.3. The molecule has 0 bridgehead atoms.